The van der Waals surface area contributed by atoms with Gasteiger partial charge in [0.1, 0.15) is 6.61 Å². The Morgan fingerprint density at radius 3 is 2.39 bits per heavy atom. The molecule has 5 heteroatoms. The maximum Gasteiger partial charge on any atom is 0.246 e. The fourth-order valence-electron chi connectivity index (χ4n) is 2.47. The van der Waals surface area contributed by atoms with Crippen molar-refractivity contribution >= 4 is 5.91 Å². The minimum atomic E-state index is -0.475. The summed E-state index contributed by atoms with van der Waals surface area (Å²) in [6.07, 6.45) is 0.752. The van der Waals surface area contributed by atoms with E-state index >= 15 is 0 Å². The van der Waals surface area contributed by atoms with Gasteiger partial charge in [-0.15, -0.1) is 0 Å². The molecule has 0 radical (unpaired) electrons. The van der Waals surface area contributed by atoms with Crippen LogP contribution in [0.15, 0.2) is 0 Å². The highest BCUT2D eigenvalue weighted by atomic mass is 16.5. The van der Waals surface area contributed by atoms with Crippen molar-refractivity contribution in [1.82, 2.24) is 10.4 Å². The number of hydroxylamine groups is 2. The summed E-state index contributed by atoms with van der Waals surface area (Å²) in [5.41, 5.74) is -0.808. The Hall–Kier alpha value is -0.650. The van der Waals surface area contributed by atoms with Gasteiger partial charge < -0.3 is 15.3 Å². The van der Waals surface area contributed by atoms with E-state index in [1.165, 1.54) is 5.06 Å². The number of rotatable bonds is 4. The van der Waals surface area contributed by atoms with Crippen LogP contribution in [0.3, 0.4) is 0 Å². The van der Waals surface area contributed by atoms with Gasteiger partial charge in [-0.3, -0.25) is 4.79 Å². The summed E-state index contributed by atoms with van der Waals surface area (Å²) in [6, 6.07) is -0.0826. The summed E-state index contributed by atoms with van der Waals surface area (Å²) in [5.74, 6) is -0.132. The fourth-order valence-corrected chi connectivity index (χ4v) is 2.47. The lowest BCUT2D eigenvalue weighted by Gasteiger charge is -2.35. The summed E-state index contributed by atoms with van der Waals surface area (Å²) in [7, 11) is 0. The first kappa shape index (κ1) is 15.4. The molecule has 1 aliphatic heterocycles. The van der Waals surface area contributed by atoms with E-state index in [9.17, 15) is 10.0 Å². The Morgan fingerprint density at radius 1 is 1.44 bits per heavy atom. The van der Waals surface area contributed by atoms with Gasteiger partial charge in [0.15, 0.2) is 0 Å². The largest absolute Gasteiger partial charge is 0.369 e. The molecule has 0 saturated carbocycles. The van der Waals surface area contributed by atoms with Crippen LogP contribution in [0, 0.1) is 0 Å². The minimum Gasteiger partial charge on any atom is -0.369 e. The number of hydrogen-bond donors (Lipinski definition) is 2. The first-order valence-corrected chi connectivity index (χ1v) is 6.47. The lowest BCUT2D eigenvalue weighted by Crippen LogP contribution is -2.53. The van der Waals surface area contributed by atoms with Crippen molar-refractivity contribution in [2.24, 2.45) is 0 Å². The standard InChI is InChI=1S/C13H26N2O3/c1-9(2)18-8-11(16)14-10-7-12(3,4)15(17)13(10,5)6/h9-10,17H,7-8H2,1-6H3,(H,14,16). The molecule has 1 amide bonds. The molecule has 0 spiro atoms. The van der Waals surface area contributed by atoms with Gasteiger partial charge in [-0.2, -0.15) is 5.06 Å². The Bertz CT molecular complexity index is 313. The summed E-state index contributed by atoms with van der Waals surface area (Å²) in [5, 5.41) is 14.4. The van der Waals surface area contributed by atoms with Gasteiger partial charge in [-0.25, -0.2) is 0 Å². The lowest BCUT2D eigenvalue weighted by molar-refractivity contribution is -0.194. The van der Waals surface area contributed by atoms with Crippen LogP contribution in [0.4, 0.5) is 0 Å². The molecule has 1 rings (SSSR count). The number of nitrogens with one attached hydrogen (secondary N) is 1. The van der Waals surface area contributed by atoms with Crippen molar-refractivity contribution in [2.75, 3.05) is 6.61 Å². The van der Waals surface area contributed by atoms with Gasteiger partial charge in [0, 0.05) is 5.54 Å². The minimum absolute atomic E-state index is 0.0399. The molecule has 106 valence electrons. The normalized spacial score (nSPS) is 26.6. The zero-order valence-corrected chi connectivity index (χ0v) is 12.3. The Morgan fingerprint density at radius 2 is 2.00 bits per heavy atom. The number of hydrogen-bond acceptors (Lipinski definition) is 4. The molecule has 1 aliphatic rings. The second-order valence-electron chi connectivity index (χ2n) is 6.46. The molecule has 2 N–H and O–H groups in total. The Labute approximate surface area is 109 Å². The zero-order chi connectivity index (χ0) is 14.1. The molecule has 1 atom stereocenters. The summed E-state index contributed by atoms with van der Waals surface area (Å²) in [4.78, 5) is 11.8. The zero-order valence-electron chi connectivity index (χ0n) is 12.3. The number of ether oxygens (including phenoxy) is 1. The highest BCUT2D eigenvalue weighted by Gasteiger charge is 2.51. The number of carbonyl (C=O) groups excluding carboxylic acids is 1. The summed E-state index contributed by atoms with van der Waals surface area (Å²) >= 11 is 0. The molecular weight excluding hydrogens is 232 g/mol. The van der Waals surface area contributed by atoms with Crippen LogP contribution in [-0.4, -0.2) is 46.0 Å². The van der Waals surface area contributed by atoms with Gasteiger partial charge in [0.25, 0.3) is 0 Å². The molecular formula is C13H26N2O3. The van der Waals surface area contributed by atoms with Gasteiger partial charge in [0.2, 0.25) is 5.91 Å². The van der Waals surface area contributed by atoms with Crippen LogP contribution in [0.25, 0.3) is 0 Å². The number of amides is 1. The van der Waals surface area contributed by atoms with Crippen LogP contribution in [-0.2, 0) is 9.53 Å². The molecule has 1 saturated heterocycles. The van der Waals surface area contributed by atoms with Gasteiger partial charge >= 0.3 is 0 Å². The van der Waals surface area contributed by atoms with Gasteiger partial charge in [-0.1, -0.05) is 0 Å². The topological polar surface area (TPSA) is 61.8 Å². The van der Waals surface area contributed by atoms with E-state index in [-0.39, 0.29) is 30.2 Å². The van der Waals surface area contributed by atoms with E-state index in [4.69, 9.17) is 4.74 Å². The molecule has 0 aromatic heterocycles. The summed E-state index contributed by atoms with van der Waals surface area (Å²) < 4.78 is 5.27. The maximum atomic E-state index is 11.8. The van der Waals surface area contributed by atoms with Crippen LogP contribution in [0.1, 0.15) is 48.0 Å². The fraction of sp³-hybridized carbons (Fsp3) is 0.923. The number of carbonyl (C=O) groups is 1. The second-order valence-corrected chi connectivity index (χ2v) is 6.46. The Balaban J connectivity index is 2.60. The van der Waals surface area contributed by atoms with Crippen LogP contribution >= 0.6 is 0 Å². The van der Waals surface area contributed by atoms with E-state index in [2.05, 4.69) is 5.32 Å². The van der Waals surface area contributed by atoms with Gasteiger partial charge in [-0.05, 0) is 48.0 Å². The van der Waals surface area contributed by atoms with Crippen molar-refractivity contribution in [3.05, 3.63) is 0 Å². The first-order valence-electron chi connectivity index (χ1n) is 6.47. The van der Waals surface area contributed by atoms with E-state index in [0.717, 1.165) is 0 Å². The van der Waals surface area contributed by atoms with E-state index in [0.29, 0.717) is 6.42 Å². The van der Waals surface area contributed by atoms with Gasteiger partial charge in [0.05, 0.1) is 17.7 Å². The van der Waals surface area contributed by atoms with Crippen LogP contribution < -0.4 is 5.32 Å². The van der Waals surface area contributed by atoms with Crippen molar-refractivity contribution < 1.29 is 14.7 Å². The molecule has 1 heterocycles. The van der Waals surface area contributed by atoms with E-state index < -0.39 is 5.54 Å². The quantitative estimate of drug-likeness (QED) is 0.803. The third-order valence-electron chi connectivity index (χ3n) is 3.56. The molecule has 0 aromatic rings. The average Bonchev–Trinajstić information content (AvgIpc) is 2.37. The third-order valence-corrected chi connectivity index (χ3v) is 3.56. The van der Waals surface area contributed by atoms with Crippen molar-refractivity contribution in [3.8, 4) is 0 Å². The maximum absolute atomic E-state index is 11.8. The summed E-state index contributed by atoms with van der Waals surface area (Å²) in [6.45, 7) is 11.6. The predicted molar refractivity (Wildman–Crippen MR) is 69.4 cm³/mol. The van der Waals surface area contributed by atoms with Crippen molar-refractivity contribution in [1.29, 1.82) is 0 Å². The van der Waals surface area contributed by atoms with Crippen LogP contribution in [0.5, 0.6) is 0 Å². The molecule has 0 aliphatic carbocycles. The first-order chi connectivity index (χ1) is 8.07. The molecule has 0 aromatic carbocycles. The smallest absolute Gasteiger partial charge is 0.246 e. The Kier molecular flexibility index (Phi) is 4.41. The monoisotopic (exact) mass is 258 g/mol. The van der Waals surface area contributed by atoms with Crippen molar-refractivity contribution in [3.63, 3.8) is 0 Å². The predicted octanol–water partition coefficient (Wildman–Crippen LogP) is 1.55. The SMILES string of the molecule is CC(C)OCC(=O)NC1CC(C)(C)N(O)C1(C)C. The average molecular weight is 258 g/mol. The van der Waals surface area contributed by atoms with Crippen LogP contribution in [0.2, 0.25) is 0 Å². The molecule has 0 bridgehead atoms. The number of nitrogens with zero attached hydrogens (tertiary/aromatic N) is 1. The molecule has 5 nitrogen and oxygen atoms in total. The molecule has 18 heavy (non-hydrogen) atoms. The highest BCUT2D eigenvalue weighted by molar-refractivity contribution is 5.77. The van der Waals surface area contributed by atoms with E-state index in [1.807, 2.05) is 41.5 Å². The second kappa shape index (κ2) is 5.15. The van der Waals surface area contributed by atoms with E-state index in [1.54, 1.807) is 0 Å². The third kappa shape index (κ3) is 3.22. The molecule has 1 fully saturated rings. The molecule has 1 unspecified atom stereocenters. The lowest BCUT2D eigenvalue weighted by atomic mass is 9.94. The highest BCUT2D eigenvalue weighted by Crippen LogP contribution is 2.38. The van der Waals surface area contributed by atoms with Crippen molar-refractivity contribution in [2.45, 2.75) is 71.2 Å².